The topological polar surface area (TPSA) is 3.24 Å². The molecule has 11 rings (SSSR count). The minimum absolute atomic E-state index is 0.967. The second-order valence-electron chi connectivity index (χ2n) is 24.0. The van der Waals surface area contributed by atoms with E-state index in [1.807, 2.05) is 12.1 Å². The molecule has 0 atom stereocenters. The summed E-state index contributed by atoms with van der Waals surface area (Å²) in [5, 5.41) is 0. The van der Waals surface area contributed by atoms with Crippen molar-refractivity contribution < 1.29 is 0 Å². The first kappa shape index (κ1) is 65.2. The second kappa shape index (κ2) is 33.3. The minimum Gasteiger partial charge on any atom is -0.311 e. The van der Waals surface area contributed by atoms with Crippen molar-refractivity contribution in [3.05, 3.63) is 290 Å². The molecular formula is C85H91Br2N. The molecule has 0 bridgehead atoms. The van der Waals surface area contributed by atoms with Crippen molar-refractivity contribution in [1.82, 2.24) is 0 Å². The van der Waals surface area contributed by atoms with Gasteiger partial charge in [0.1, 0.15) is 0 Å². The summed E-state index contributed by atoms with van der Waals surface area (Å²) in [5.74, 6) is 0. The van der Waals surface area contributed by atoms with Crippen molar-refractivity contribution in [2.45, 2.75) is 151 Å². The maximum Gasteiger partial charge on any atom is 0.0462 e. The number of aryl methyl sites for hydroxylation is 7. The Morgan fingerprint density at radius 2 is 0.659 bits per heavy atom. The number of nitrogens with zero attached hydrogens (tertiary/aromatic N) is 1. The second-order valence-corrected chi connectivity index (χ2v) is 25.8. The SMILES string of the molecule is CCCCCCc1cc(-c2ccc(-c3ccc(N(c4ccc(Br)cc4)c4ccc(C5=CCCC=C5)cc4)cc3)c(CC)c2)c(CCCCCC)cc1-c1ccc(-c2ccc(C)cc2)c(CC)c1.Cc1ccc(Br)cc1.Cc1ccc(C2=CCCC=C2)cc1. The molecule has 3 heteroatoms. The van der Waals surface area contributed by atoms with Crippen molar-refractivity contribution in [2.24, 2.45) is 0 Å². The van der Waals surface area contributed by atoms with E-state index in [4.69, 9.17) is 0 Å². The molecule has 450 valence electrons. The van der Waals surface area contributed by atoms with E-state index in [0.717, 1.165) is 64.5 Å². The van der Waals surface area contributed by atoms with Gasteiger partial charge in [-0.1, -0.05) is 285 Å². The molecule has 0 radical (unpaired) electrons. The van der Waals surface area contributed by atoms with Crippen molar-refractivity contribution in [1.29, 1.82) is 0 Å². The molecule has 0 aliphatic heterocycles. The summed E-state index contributed by atoms with van der Waals surface area (Å²) in [6.45, 7) is 15.6. The number of halogens is 2. The van der Waals surface area contributed by atoms with Gasteiger partial charge in [0, 0.05) is 26.0 Å². The Bertz CT molecular complexity index is 3760. The van der Waals surface area contributed by atoms with Gasteiger partial charge in [-0.25, -0.2) is 0 Å². The minimum atomic E-state index is 0.967. The molecule has 9 aromatic carbocycles. The highest BCUT2D eigenvalue weighted by atomic mass is 79.9. The van der Waals surface area contributed by atoms with E-state index in [2.05, 4.69) is 304 Å². The van der Waals surface area contributed by atoms with Crippen LogP contribution in [-0.2, 0) is 25.7 Å². The Balaban J connectivity index is 0.000000366. The van der Waals surface area contributed by atoms with Gasteiger partial charge in [0.2, 0.25) is 0 Å². The van der Waals surface area contributed by atoms with Gasteiger partial charge >= 0.3 is 0 Å². The molecule has 0 saturated carbocycles. The van der Waals surface area contributed by atoms with E-state index in [1.54, 1.807) is 0 Å². The highest BCUT2D eigenvalue weighted by Crippen LogP contribution is 2.41. The summed E-state index contributed by atoms with van der Waals surface area (Å²) in [6, 6.07) is 72.7. The molecule has 2 aliphatic carbocycles. The smallest absolute Gasteiger partial charge is 0.0462 e. The fourth-order valence-electron chi connectivity index (χ4n) is 12.1. The average Bonchev–Trinajstić information content (AvgIpc) is 1.97. The van der Waals surface area contributed by atoms with E-state index in [0.29, 0.717) is 0 Å². The summed E-state index contributed by atoms with van der Waals surface area (Å²) in [4.78, 5) is 2.36. The molecule has 1 nitrogen and oxygen atoms in total. The Morgan fingerprint density at radius 3 is 1.02 bits per heavy atom. The first-order chi connectivity index (χ1) is 43.0. The van der Waals surface area contributed by atoms with Gasteiger partial charge in [-0.05, 0) is 235 Å². The van der Waals surface area contributed by atoms with E-state index in [-0.39, 0.29) is 0 Å². The van der Waals surface area contributed by atoms with Gasteiger partial charge in [0.15, 0.2) is 0 Å². The van der Waals surface area contributed by atoms with Crippen LogP contribution in [0.4, 0.5) is 17.1 Å². The number of allylic oxidation sites excluding steroid dienone is 8. The summed E-state index contributed by atoms with van der Waals surface area (Å²) in [6.07, 6.45) is 32.5. The molecule has 0 saturated heterocycles. The van der Waals surface area contributed by atoms with Crippen LogP contribution in [0.15, 0.2) is 240 Å². The Morgan fingerprint density at radius 1 is 0.318 bits per heavy atom. The lowest BCUT2D eigenvalue weighted by Gasteiger charge is -2.26. The average molecular weight is 1290 g/mol. The number of anilines is 3. The number of rotatable bonds is 21. The molecule has 0 unspecified atom stereocenters. The fourth-order valence-corrected chi connectivity index (χ4v) is 12.6. The maximum atomic E-state index is 3.67. The molecule has 0 fully saturated rings. The molecule has 0 amide bonds. The van der Waals surface area contributed by atoms with Crippen LogP contribution >= 0.6 is 31.9 Å². The Hall–Kier alpha value is -7.30. The van der Waals surface area contributed by atoms with Crippen LogP contribution in [0.5, 0.6) is 0 Å². The normalized spacial score (nSPS) is 12.6. The zero-order valence-electron chi connectivity index (χ0n) is 53.5. The van der Waals surface area contributed by atoms with Crippen LogP contribution in [-0.4, -0.2) is 0 Å². The molecule has 0 aromatic heterocycles. The van der Waals surface area contributed by atoms with Crippen molar-refractivity contribution in [2.75, 3.05) is 4.90 Å². The van der Waals surface area contributed by atoms with Gasteiger partial charge in [-0.15, -0.1) is 0 Å². The number of hydrogen-bond acceptors (Lipinski definition) is 1. The fraction of sp³-hybridized carbons (Fsp3) is 0.271. The van der Waals surface area contributed by atoms with Gasteiger partial charge < -0.3 is 4.90 Å². The summed E-state index contributed by atoms with van der Waals surface area (Å²) >= 11 is 7.01. The van der Waals surface area contributed by atoms with Crippen LogP contribution in [0.2, 0.25) is 0 Å². The van der Waals surface area contributed by atoms with Gasteiger partial charge in [-0.2, -0.15) is 0 Å². The number of benzene rings is 9. The molecule has 0 heterocycles. The molecule has 88 heavy (non-hydrogen) atoms. The monoisotopic (exact) mass is 1280 g/mol. The number of hydrogen-bond donors (Lipinski definition) is 0. The third kappa shape index (κ3) is 17.9. The Labute approximate surface area is 546 Å². The summed E-state index contributed by atoms with van der Waals surface area (Å²) in [5.41, 5.74) is 29.2. The lowest BCUT2D eigenvalue weighted by Crippen LogP contribution is -2.09. The van der Waals surface area contributed by atoms with Crippen LogP contribution in [0.1, 0.15) is 155 Å². The predicted octanol–water partition coefficient (Wildman–Crippen LogP) is 26.5. The lowest BCUT2D eigenvalue weighted by molar-refractivity contribution is 0.664. The summed E-state index contributed by atoms with van der Waals surface area (Å²) < 4.78 is 2.22. The number of unbranched alkanes of at least 4 members (excludes halogenated alkanes) is 6. The van der Waals surface area contributed by atoms with Gasteiger partial charge in [-0.3, -0.25) is 0 Å². The third-order valence-corrected chi connectivity index (χ3v) is 18.3. The van der Waals surface area contributed by atoms with Crippen LogP contribution in [0.25, 0.3) is 55.7 Å². The molecule has 0 spiro atoms. The van der Waals surface area contributed by atoms with Gasteiger partial charge in [0.05, 0.1) is 0 Å². The maximum absolute atomic E-state index is 3.67. The summed E-state index contributed by atoms with van der Waals surface area (Å²) in [7, 11) is 0. The van der Waals surface area contributed by atoms with Crippen molar-refractivity contribution >= 4 is 60.1 Å². The van der Waals surface area contributed by atoms with E-state index < -0.39 is 0 Å². The largest absolute Gasteiger partial charge is 0.311 e. The third-order valence-electron chi connectivity index (χ3n) is 17.3. The Kier molecular flexibility index (Phi) is 24.7. The molecule has 0 N–H and O–H groups in total. The zero-order chi connectivity index (χ0) is 61.6. The standard InChI is InChI=1S/C65H70BrN.C13H14.C7H7Br/c1-6-10-12-15-21-54-46-65(55(22-16-13-11-7-2)45-64(54)56-31-41-62(48(8-3)43-56)52-25-23-47(5)24-26-52)57-32-42-63(49(9-4)44-57)53-29-37-60(38-30-53)67(61-39-33-58(66)34-40-61)59-35-27-51(28-36-59)50-19-17-14-18-20-50;1-11-7-9-13(10-8-11)12-5-3-2-4-6-12;1-6-2-4-7(8)5-3-6/h17,19-20,23-46H,6-16,18,21-22H2,1-5H3;3,5-10H,2,4H2,1H3;2-5H,1H3. The van der Waals surface area contributed by atoms with Crippen LogP contribution in [0, 0.1) is 20.8 Å². The van der Waals surface area contributed by atoms with Crippen molar-refractivity contribution in [3.8, 4) is 44.5 Å². The molecular weight excluding hydrogens is 1190 g/mol. The molecule has 9 aromatic rings. The molecule has 2 aliphatic rings. The van der Waals surface area contributed by atoms with E-state index in [1.165, 1.54) is 170 Å². The lowest BCUT2D eigenvalue weighted by atomic mass is 9.84. The highest BCUT2D eigenvalue weighted by molar-refractivity contribution is 9.10. The predicted molar refractivity (Wildman–Crippen MR) is 393 cm³/mol. The van der Waals surface area contributed by atoms with Crippen LogP contribution < -0.4 is 4.90 Å². The quantitative estimate of drug-likeness (QED) is 0.0648. The van der Waals surface area contributed by atoms with E-state index in [9.17, 15) is 0 Å². The zero-order valence-corrected chi connectivity index (χ0v) is 56.6. The van der Waals surface area contributed by atoms with Crippen LogP contribution in [0.3, 0.4) is 0 Å². The van der Waals surface area contributed by atoms with E-state index >= 15 is 0 Å². The first-order valence-electron chi connectivity index (χ1n) is 32.8. The van der Waals surface area contributed by atoms with Crippen molar-refractivity contribution in [3.63, 3.8) is 0 Å². The highest BCUT2D eigenvalue weighted by Gasteiger charge is 2.19. The first-order valence-corrected chi connectivity index (χ1v) is 34.4. The van der Waals surface area contributed by atoms with Gasteiger partial charge in [0.25, 0.3) is 0 Å².